The molecule has 15 heavy (non-hydrogen) atoms. The summed E-state index contributed by atoms with van der Waals surface area (Å²) in [5, 5.41) is 11.4. The molecule has 2 aromatic heterocycles. The molecule has 0 aliphatic heterocycles. The summed E-state index contributed by atoms with van der Waals surface area (Å²) in [5.41, 5.74) is 6.39. The topological polar surface area (TPSA) is 96.7 Å². The Morgan fingerprint density at radius 2 is 2.53 bits per heavy atom. The Balaban J connectivity index is 2.08. The number of hydrogen-bond donors (Lipinski definition) is 3. The number of nitrogens with two attached hydrogens (primary N) is 1. The Labute approximate surface area is 89.5 Å². The zero-order chi connectivity index (χ0) is 10.7. The van der Waals surface area contributed by atoms with Gasteiger partial charge in [0.1, 0.15) is 10.7 Å². The van der Waals surface area contributed by atoms with Crippen molar-refractivity contribution in [3.05, 3.63) is 28.5 Å². The van der Waals surface area contributed by atoms with Crippen LogP contribution in [0.3, 0.4) is 0 Å². The highest BCUT2D eigenvalue weighted by Gasteiger charge is 2.10. The minimum atomic E-state index is -0.257. The van der Waals surface area contributed by atoms with E-state index in [0.717, 1.165) is 5.01 Å². The van der Waals surface area contributed by atoms with Crippen LogP contribution in [0.4, 0.5) is 5.69 Å². The van der Waals surface area contributed by atoms with Crippen LogP contribution in [0.1, 0.15) is 15.5 Å². The van der Waals surface area contributed by atoms with Crippen molar-refractivity contribution >= 4 is 22.9 Å². The Bertz CT molecular complexity index is 449. The van der Waals surface area contributed by atoms with Gasteiger partial charge in [0, 0.05) is 18.1 Å². The summed E-state index contributed by atoms with van der Waals surface area (Å²) in [5.74, 6) is -0.257. The number of amides is 1. The first-order chi connectivity index (χ1) is 7.29. The van der Waals surface area contributed by atoms with Crippen LogP contribution in [0.25, 0.3) is 0 Å². The number of hydrogen-bond acceptors (Lipinski definition) is 5. The molecule has 4 N–H and O–H groups in total. The minimum Gasteiger partial charge on any atom is -0.325 e. The monoisotopic (exact) mass is 223 g/mol. The minimum absolute atomic E-state index is 0.257. The van der Waals surface area contributed by atoms with Crippen molar-refractivity contribution in [3.63, 3.8) is 0 Å². The Hall–Kier alpha value is -1.73. The Morgan fingerprint density at radius 3 is 3.13 bits per heavy atom. The van der Waals surface area contributed by atoms with E-state index in [1.165, 1.54) is 17.5 Å². The summed E-state index contributed by atoms with van der Waals surface area (Å²) < 4.78 is 0. The molecule has 0 saturated heterocycles. The highest BCUT2D eigenvalue weighted by molar-refractivity contribution is 7.09. The number of nitrogens with one attached hydrogen (secondary N) is 2. The summed E-state index contributed by atoms with van der Waals surface area (Å²) in [6.07, 6.45) is 3.11. The van der Waals surface area contributed by atoms with Gasteiger partial charge in [0.15, 0.2) is 0 Å². The van der Waals surface area contributed by atoms with Crippen LogP contribution in [0, 0.1) is 0 Å². The SMILES string of the molecule is NCc1nc(C(=O)Nc2cn[nH]c2)cs1. The third-order valence-electron chi connectivity index (χ3n) is 1.72. The molecule has 2 aromatic rings. The predicted octanol–water partition coefficient (Wildman–Crippen LogP) is 0.577. The highest BCUT2D eigenvalue weighted by atomic mass is 32.1. The number of H-pyrrole nitrogens is 1. The highest BCUT2D eigenvalue weighted by Crippen LogP contribution is 2.11. The first-order valence-electron chi connectivity index (χ1n) is 4.24. The lowest BCUT2D eigenvalue weighted by Gasteiger charge is -1.97. The number of thiazole rings is 1. The number of aromatic nitrogens is 3. The second kappa shape index (κ2) is 4.20. The lowest BCUT2D eigenvalue weighted by molar-refractivity contribution is 0.102. The van der Waals surface area contributed by atoms with E-state index in [-0.39, 0.29) is 5.91 Å². The third kappa shape index (κ3) is 2.20. The lowest BCUT2D eigenvalue weighted by Crippen LogP contribution is -2.12. The number of carbonyl (C=O) groups excluding carboxylic acids is 1. The quantitative estimate of drug-likeness (QED) is 0.709. The predicted molar refractivity (Wildman–Crippen MR) is 56.5 cm³/mol. The van der Waals surface area contributed by atoms with Gasteiger partial charge in [-0.05, 0) is 0 Å². The van der Waals surface area contributed by atoms with Gasteiger partial charge in [-0.2, -0.15) is 5.10 Å². The van der Waals surface area contributed by atoms with Gasteiger partial charge in [0.25, 0.3) is 5.91 Å². The van der Waals surface area contributed by atoms with Crippen molar-refractivity contribution in [2.45, 2.75) is 6.54 Å². The summed E-state index contributed by atoms with van der Waals surface area (Å²) in [6, 6.07) is 0. The molecule has 1 amide bonds. The fourth-order valence-corrected chi connectivity index (χ4v) is 1.68. The average Bonchev–Trinajstić information content (AvgIpc) is 2.86. The number of rotatable bonds is 3. The maximum absolute atomic E-state index is 11.6. The van der Waals surface area contributed by atoms with Gasteiger partial charge in [-0.25, -0.2) is 4.98 Å². The molecule has 0 aromatic carbocycles. The van der Waals surface area contributed by atoms with Crippen molar-refractivity contribution in [1.82, 2.24) is 15.2 Å². The molecule has 0 fully saturated rings. The van der Waals surface area contributed by atoms with Gasteiger partial charge in [-0.15, -0.1) is 11.3 Å². The van der Waals surface area contributed by atoms with Crippen LogP contribution < -0.4 is 11.1 Å². The van der Waals surface area contributed by atoms with Gasteiger partial charge < -0.3 is 11.1 Å². The van der Waals surface area contributed by atoms with Gasteiger partial charge in [-0.1, -0.05) is 0 Å². The smallest absolute Gasteiger partial charge is 0.275 e. The van der Waals surface area contributed by atoms with E-state index in [9.17, 15) is 4.79 Å². The van der Waals surface area contributed by atoms with E-state index < -0.39 is 0 Å². The maximum atomic E-state index is 11.6. The number of nitrogens with zero attached hydrogens (tertiary/aromatic N) is 2. The van der Waals surface area contributed by atoms with E-state index in [1.54, 1.807) is 11.6 Å². The number of carbonyl (C=O) groups is 1. The van der Waals surface area contributed by atoms with Crippen molar-refractivity contribution in [2.75, 3.05) is 5.32 Å². The zero-order valence-electron chi connectivity index (χ0n) is 7.73. The van der Waals surface area contributed by atoms with E-state index in [4.69, 9.17) is 5.73 Å². The molecule has 78 valence electrons. The van der Waals surface area contributed by atoms with Crippen LogP contribution in [-0.2, 0) is 6.54 Å². The number of aromatic amines is 1. The van der Waals surface area contributed by atoms with Crippen molar-refractivity contribution in [2.24, 2.45) is 5.73 Å². The van der Waals surface area contributed by atoms with Crippen molar-refractivity contribution in [1.29, 1.82) is 0 Å². The molecule has 0 unspecified atom stereocenters. The van der Waals surface area contributed by atoms with Gasteiger partial charge in [-0.3, -0.25) is 9.89 Å². The first-order valence-corrected chi connectivity index (χ1v) is 5.12. The molecule has 2 rings (SSSR count). The Morgan fingerprint density at radius 1 is 1.67 bits per heavy atom. The van der Waals surface area contributed by atoms with Crippen molar-refractivity contribution < 1.29 is 4.79 Å². The standard InChI is InChI=1S/C8H9N5OS/c9-1-7-13-6(4-15-7)8(14)12-5-2-10-11-3-5/h2-4H,1,9H2,(H,10,11)(H,12,14). The van der Waals surface area contributed by atoms with E-state index >= 15 is 0 Å². The second-order valence-corrected chi connectivity index (χ2v) is 3.71. The summed E-state index contributed by atoms with van der Waals surface area (Å²) >= 11 is 1.37. The molecule has 7 heteroatoms. The summed E-state index contributed by atoms with van der Waals surface area (Å²) in [7, 11) is 0. The van der Waals surface area contributed by atoms with E-state index in [0.29, 0.717) is 17.9 Å². The molecular weight excluding hydrogens is 214 g/mol. The number of anilines is 1. The maximum Gasteiger partial charge on any atom is 0.275 e. The van der Waals surface area contributed by atoms with E-state index in [1.807, 2.05) is 0 Å². The van der Waals surface area contributed by atoms with Gasteiger partial charge in [0.05, 0.1) is 11.9 Å². The van der Waals surface area contributed by atoms with Crippen LogP contribution in [0.5, 0.6) is 0 Å². The van der Waals surface area contributed by atoms with Crippen LogP contribution >= 0.6 is 11.3 Å². The Kier molecular flexibility index (Phi) is 2.75. The molecule has 0 spiro atoms. The van der Waals surface area contributed by atoms with Crippen LogP contribution in [0.15, 0.2) is 17.8 Å². The first kappa shape index (κ1) is 9.81. The summed E-state index contributed by atoms with van der Waals surface area (Å²) in [4.78, 5) is 15.7. The fourth-order valence-electron chi connectivity index (χ4n) is 1.02. The van der Waals surface area contributed by atoms with Crippen molar-refractivity contribution in [3.8, 4) is 0 Å². The molecule has 0 atom stereocenters. The fraction of sp³-hybridized carbons (Fsp3) is 0.125. The normalized spacial score (nSPS) is 10.2. The molecule has 0 aliphatic carbocycles. The van der Waals surface area contributed by atoms with Gasteiger partial charge in [0.2, 0.25) is 0 Å². The van der Waals surface area contributed by atoms with Crippen LogP contribution in [-0.4, -0.2) is 21.1 Å². The molecule has 2 heterocycles. The molecular formula is C8H9N5OS. The zero-order valence-corrected chi connectivity index (χ0v) is 8.54. The van der Waals surface area contributed by atoms with Gasteiger partial charge >= 0.3 is 0 Å². The third-order valence-corrected chi connectivity index (χ3v) is 2.59. The average molecular weight is 223 g/mol. The molecule has 0 bridgehead atoms. The summed E-state index contributed by atoms with van der Waals surface area (Å²) in [6.45, 7) is 0.351. The van der Waals surface area contributed by atoms with E-state index in [2.05, 4.69) is 20.5 Å². The molecule has 6 nitrogen and oxygen atoms in total. The second-order valence-electron chi connectivity index (χ2n) is 2.77. The van der Waals surface area contributed by atoms with Crippen LogP contribution in [0.2, 0.25) is 0 Å². The molecule has 0 saturated carbocycles. The largest absolute Gasteiger partial charge is 0.325 e. The molecule has 0 aliphatic rings. The molecule has 0 radical (unpaired) electrons. The lowest BCUT2D eigenvalue weighted by atomic mass is 10.4.